The van der Waals surface area contributed by atoms with E-state index < -0.39 is 16.1 Å². The van der Waals surface area contributed by atoms with Crippen molar-refractivity contribution in [1.29, 1.82) is 0 Å². The lowest BCUT2D eigenvalue weighted by molar-refractivity contribution is 0.00489. The first-order chi connectivity index (χ1) is 16.0. The summed E-state index contributed by atoms with van der Waals surface area (Å²) >= 11 is 0. The number of aromatic nitrogens is 2. The third-order valence-corrected chi connectivity index (χ3v) is 8.41. The quantitative estimate of drug-likeness (QED) is 0.539. The molecular formula is C25H28N4O3S. The molecule has 3 aliphatic rings. The van der Waals surface area contributed by atoms with E-state index >= 15 is 0 Å². The van der Waals surface area contributed by atoms with E-state index in [1.54, 1.807) is 25.4 Å². The SMILES string of the molecule is C=CC1CN2CCC1C[C@H]2[C@@H](NS(=O)(=O)c1ccccn1)c1ccnc2ccc(OC)cc12. The molecule has 3 aromatic rings. The molecule has 3 fully saturated rings. The van der Waals surface area contributed by atoms with Crippen LogP contribution in [0.1, 0.15) is 24.4 Å². The smallest absolute Gasteiger partial charge is 0.258 e. The van der Waals surface area contributed by atoms with E-state index in [0.29, 0.717) is 17.6 Å². The van der Waals surface area contributed by atoms with Gasteiger partial charge >= 0.3 is 0 Å². The fourth-order valence-corrected chi connectivity index (χ4v) is 6.55. The number of benzene rings is 1. The van der Waals surface area contributed by atoms with Gasteiger partial charge in [-0.2, -0.15) is 0 Å². The summed E-state index contributed by atoms with van der Waals surface area (Å²) in [6.45, 7) is 5.87. The van der Waals surface area contributed by atoms with Crippen LogP contribution in [0.3, 0.4) is 0 Å². The minimum absolute atomic E-state index is 0.0193. The molecular weight excluding hydrogens is 436 g/mol. The molecule has 0 spiro atoms. The highest BCUT2D eigenvalue weighted by Gasteiger charge is 2.44. The van der Waals surface area contributed by atoms with Gasteiger partial charge in [-0.05, 0) is 73.2 Å². The molecule has 6 rings (SSSR count). The molecule has 0 amide bonds. The van der Waals surface area contributed by atoms with Crippen LogP contribution in [0.15, 0.2) is 72.5 Å². The molecule has 3 saturated heterocycles. The lowest BCUT2D eigenvalue weighted by Crippen LogP contribution is -2.57. The van der Waals surface area contributed by atoms with E-state index in [4.69, 9.17) is 4.74 Å². The second-order valence-corrected chi connectivity index (χ2v) is 10.5. The Morgan fingerprint density at radius 3 is 2.79 bits per heavy atom. The Morgan fingerprint density at radius 2 is 2.09 bits per heavy atom. The summed E-state index contributed by atoms with van der Waals surface area (Å²) in [6, 6.07) is 12.1. The number of nitrogens with one attached hydrogen (secondary N) is 1. The molecule has 5 atom stereocenters. The van der Waals surface area contributed by atoms with Gasteiger partial charge < -0.3 is 4.74 Å². The topological polar surface area (TPSA) is 84.4 Å². The van der Waals surface area contributed by atoms with E-state index in [0.717, 1.165) is 42.4 Å². The number of methoxy groups -OCH3 is 1. The molecule has 172 valence electrons. The van der Waals surface area contributed by atoms with Crippen LogP contribution in [0.25, 0.3) is 10.9 Å². The van der Waals surface area contributed by atoms with Gasteiger partial charge in [-0.25, -0.2) is 18.1 Å². The standard InChI is InChI=1S/C25H28N4O3S/c1-3-17-16-29-13-10-18(17)14-23(29)25(28-33(30,31)24-6-4-5-11-27-24)20-9-12-26-22-8-7-19(32-2)15-21(20)22/h3-9,11-12,15,17-18,23,25,28H,1,10,13-14,16H2,2H3/t17?,18?,23-,25-/m0/s1. The van der Waals surface area contributed by atoms with Crippen LogP contribution in [-0.4, -0.2) is 49.5 Å². The Bertz CT molecular complexity index is 1270. The Hall–Kier alpha value is -2.81. The van der Waals surface area contributed by atoms with Gasteiger partial charge in [-0.1, -0.05) is 12.1 Å². The average Bonchev–Trinajstić information content (AvgIpc) is 2.87. The number of hydrogen-bond donors (Lipinski definition) is 1. The molecule has 2 aromatic heterocycles. The lowest BCUT2D eigenvalue weighted by Gasteiger charge is -2.51. The van der Waals surface area contributed by atoms with Crippen LogP contribution in [0.4, 0.5) is 0 Å². The molecule has 1 aromatic carbocycles. The summed E-state index contributed by atoms with van der Waals surface area (Å²) in [5.74, 6) is 1.65. The van der Waals surface area contributed by atoms with Gasteiger partial charge in [0.05, 0.1) is 18.7 Å². The van der Waals surface area contributed by atoms with E-state index in [1.807, 2.05) is 30.3 Å². The number of piperidine rings is 3. The minimum atomic E-state index is -3.84. The van der Waals surface area contributed by atoms with Crippen LogP contribution < -0.4 is 9.46 Å². The summed E-state index contributed by atoms with van der Waals surface area (Å²) in [5, 5.41) is 0.902. The number of rotatable bonds is 7. The van der Waals surface area contributed by atoms with E-state index in [2.05, 4.69) is 26.2 Å². The molecule has 33 heavy (non-hydrogen) atoms. The van der Waals surface area contributed by atoms with Crippen molar-refractivity contribution in [2.24, 2.45) is 11.8 Å². The zero-order chi connectivity index (χ0) is 23.0. The van der Waals surface area contributed by atoms with Gasteiger partial charge in [-0.15, -0.1) is 6.58 Å². The van der Waals surface area contributed by atoms with Gasteiger partial charge in [0.15, 0.2) is 5.03 Å². The van der Waals surface area contributed by atoms with Crippen molar-refractivity contribution >= 4 is 20.9 Å². The lowest BCUT2D eigenvalue weighted by atomic mass is 9.73. The number of fused-ring (bicyclic) bond motifs is 4. The van der Waals surface area contributed by atoms with Crippen molar-refractivity contribution in [2.45, 2.75) is 30.0 Å². The van der Waals surface area contributed by atoms with Crippen LogP contribution in [0.5, 0.6) is 5.75 Å². The molecule has 0 radical (unpaired) electrons. The Labute approximate surface area is 194 Å². The fourth-order valence-electron chi connectivity index (χ4n) is 5.35. The van der Waals surface area contributed by atoms with Crippen molar-refractivity contribution in [1.82, 2.24) is 19.6 Å². The van der Waals surface area contributed by atoms with Crippen LogP contribution in [-0.2, 0) is 10.0 Å². The van der Waals surface area contributed by atoms with Gasteiger partial charge in [0.25, 0.3) is 10.0 Å². The number of pyridine rings is 2. The van der Waals surface area contributed by atoms with Gasteiger partial charge in [0.1, 0.15) is 5.75 Å². The van der Waals surface area contributed by atoms with Crippen molar-refractivity contribution < 1.29 is 13.2 Å². The number of hydrogen-bond acceptors (Lipinski definition) is 6. The maximum absolute atomic E-state index is 13.4. The number of nitrogens with zero attached hydrogens (tertiary/aromatic N) is 3. The highest BCUT2D eigenvalue weighted by molar-refractivity contribution is 7.89. The first-order valence-corrected chi connectivity index (χ1v) is 12.7. The van der Waals surface area contributed by atoms with Crippen molar-refractivity contribution in [3.05, 3.63) is 73.1 Å². The Kier molecular flexibility index (Phi) is 5.90. The Morgan fingerprint density at radius 1 is 1.21 bits per heavy atom. The first-order valence-electron chi connectivity index (χ1n) is 11.2. The van der Waals surface area contributed by atoms with Crippen LogP contribution in [0.2, 0.25) is 0 Å². The Balaban J connectivity index is 1.61. The molecule has 1 N–H and O–H groups in total. The number of sulfonamides is 1. The molecule has 2 bridgehead atoms. The zero-order valence-electron chi connectivity index (χ0n) is 18.6. The zero-order valence-corrected chi connectivity index (χ0v) is 19.4. The highest BCUT2D eigenvalue weighted by atomic mass is 32.2. The van der Waals surface area contributed by atoms with E-state index in [1.165, 1.54) is 12.3 Å². The van der Waals surface area contributed by atoms with Crippen molar-refractivity contribution in [3.63, 3.8) is 0 Å². The largest absolute Gasteiger partial charge is 0.497 e. The average molecular weight is 465 g/mol. The number of ether oxygens (including phenoxy) is 1. The minimum Gasteiger partial charge on any atom is -0.497 e. The summed E-state index contributed by atoms with van der Waals surface area (Å²) in [5.41, 5.74) is 1.70. The fraction of sp³-hybridized carbons (Fsp3) is 0.360. The summed E-state index contributed by atoms with van der Waals surface area (Å²) in [7, 11) is -2.21. The highest BCUT2D eigenvalue weighted by Crippen LogP contribution is 2.42. The predicted molar refractivity (Wildman–Crippen MR) is 127 cm³/mol. The van der Waals surface area contributed by atoms with Crippen LogP contribution >= 0.6 is 0 Å². The second-order valence-electron chi connectivity index (χ2n) is 8.80. The monoisotopic (exact) mass is 464 g/mol. The second kappa shape index (κ2) is 8.85. The van der Waals surface area contributed by atoms with Gasteiger partial charge in [0, 0.05) is 30.4 Å². The predicted octanol–water partition coefficient (Wildman–Crippen LogP) is 3.55. The molecule has 5 heterocycles. The third kappa shape index (κ3) is 4.14. The molecule has 8 heteroatoms. The normalized spacial score (nSPS) is 25.6. The van der Waals surface area contributed by atoms with Crippen molar-refractivity contribution in [2.75, 3.05) is 20.2 Å². The third-order valence-electron chi connectivity index (χ3n) is 7.05. The molecule has 0 aliphatic carbocycles. The van der Waals surface area contributed by atoms with Crippen molar-refractivity contribution in [3.8, 4) is 5.75 Å². The summed E-state index contributed by atoms with van der Waals surface area (Å²) in [6.07, 6.45) is 7.30. The van der Waals surface area contributed by atoms with Crippen LogP contribution in [0, 0.1) is 11.8 Å². The summed E-state index contributed by atoms with van der Waals surface area (Å²) < 4.78 is 35.3. The molecule has 0 saturated carbocycles. The molecule has 3 unspecified atom stereocenters. The molecule has 3 aliphatic heterocycles. The molecule has 7 nitrogen and oxygen atoms in total. The van der Waals surface area contributed by atoms with Gasteiger partial charge in [-0.3, -0.25) is 9.88 Å². The van der Waals surface area contributed by atoms with Gasteiger partial charge in [0.2, 0.25) is 0 Å². The van der Waals surface area contributed by atoms with E-state index in [-0.39, 0.29) is 11.1 Å². The summed E-state index contributed by atoms with van der Waals surface area (Å²) in [4.78, 5) is 11.0. The van der Waals surface area contributed by atoms with E-state index in [9.17, 15) is 8.42 Å². The maximum atomic E-state index is 13.4. The maximum Gasteiger partial charge on any atom is 0.258 e. The first kappa shape index (κ1) is 22.0.